The fraction of sp³-hybridized carbons (Fsp3) is 0.765. The van der Waals surface area contributed by atoms with Crippen molar-refractivity contribution in [2.45, 2.75) is 71.7 Å². The van der Waals surface area contributed by atoms with E-state index in [2.05, 4.69) is 5.32 Å². The van der Waals surface area contributed by atoms with Crippen molar-refractivity contribution in [3.05, 3.63) is 0 Å². The lowest BCUT2D eigenvalue weighted by atomic mass is 9.96. The van der Waals surface area contributed by atoms with Gasteiger partial charge in [-0.3, -0.25) is 19.2 Å². The summed E-state index contributed by atoms with van der Waals surface area (Å²) in [5.74, 6) is -2.26. The van der Waals surface area contributed by atoms with Crippen molar-refractivity contribution in [3.8, 4) is 0 Å². The van der Waals surface area contributed by atoms with Crippen LogP contribution in [0.5, 0.6) is 0 Å². The molecule has 0 saturated carbocycles. The Morgan fingerprint density at radius 1 is 0.926 bits per heavy atom. The van der Waals surface area contributed by atoms with Crippen LogP contribution in [0.3, 0.4) is 0 Å². The number of nitrogens with one attached hydrogen (secondary N) is 1. The molecule has 0 bridgehead atoms. The molecule has 1 aliphatic heterocycles. The number of hydrogen-bond donors (Lipinski definition) is 1. The van der Waals surface area contributed by atoms with Crippen molar-refractivity contribution in [2.75, 3.05) is 13.2 Å². The fourth-order valence-corrected chi connectivity index (χ4v) is 2.67. The largest absolute Gasteiger partial charge is 0.463 e. The molecular weight excluding hydrogens is 362 g/mol. The van der Waals surface area contributed by atoms with E-state index in [0.29, 0.717) is 13.0 Å². The molecule has 0 radical (unpaired) electrons. The second-order valence-corrected chi connectivity index (χ2v) is 6.09. The molecular formula is C17H27NO9. The lowest BCUT2D eigenvalue weighted by Crippen LogP contribution is -2.66. The molecule has 27 heavy (non-hydrogen) atoms. The lowest BCUT2D eigenvalue weighted by molar-refractivity contribution is -0.277. The molecule has 5 unspecified atom stereocenters. The highest BCUT2D eigenvalue weighted by molar-refractivity contribution is 5.73. The summed E-state index contributed by atoms with van der Waals surface area (Å²) in [4.78, 5) is 46.0. The molecule has 1 heterocycles. The van der Waals surface area contributed by atoms with Crippen LogP contribution in [0.25, 0.3) is 0 Å². The number of rotatable bonds is 8. The first-order chi connectivity index (χ1) is 12.6. The van der Waals surface area contributed by atoms with Crippen molar-refractivity contribution in [1.82, 2.24) is 5.32 Å². The molecule has 5 atom stereocenters. The molecule has 154 valence electrons. The van der Waals surface area contributed by atoms with Crippen molar-refractivity contribution >= 4 is 23.8 Å². The summed E-state index contributed by atoms with van der Waals surface area (Å²) in [7, 11) is 0. The Bertz CT molecular complexity index is 551. The van der Waals surface area contributed by atoms with E-state index >= 15 is 0 Å². The SMILES string of the molecule is CCCOC1OC(COC(C)=O)C(OC(C)=O)C(OC(C)=O)C1NC(C)=O. The first-order valence-electron chi connectivity index (χ1n) is 8.67. The van der Waals surface area contributed by atoms with Gasteiger partial charge in [0, 0.05) is 34.3 Å². The van der Waals surface area contributed by atoms with Gasteiger partial charge in [-0.25, -0.2) is 0 Å². The molecule has 1 aliphatic rings. The van der Waals surface area contributed by atoms with Gasteiger partial charge >= 0.3 is 17.9 Å². The van der Waals surface area contributed by atoms with Gasteiger partial charge in [-0.15, -0.1) is 0 Å². The van der Waals surface area contributed by atoms with Crippen LogP contribution in [0.1, 0.15) is 41.0 Å². The van der Waals surface area contributed by atoms with Crippen LogP contribution in [0.15, 0.2) is 0 Å². The summed E-state index contributed by atoms with van der Waals surface area (Å²) < 4.78 is 27.0. The first-order valence-corrected chi connectivity index (χ1v) is 8.67. The van der Waals surface area contributed by atoms with Gasteiger partial charge < -0.3 is 29.0 Å². The molecule has 0 spiro atoms. The third-order valence-electron chi connectivity index (χ3n) is 3.56. The molecule has 1 rings (SSSR count). The van der Waals surface area contributed by atoms with Crippen LogP contribution in [0, 0.1) is 0 Å². The number of esters is 3. The first kappa shape index (κ1) is 22.8. The van der Waals surface area contributed by atoms with Crippen molar-refractivity contribution in [2.24, 2.45) is 0 Å². The molecule has 10 nitrogen and oxygen atoms in total. The molecule has 1 saturated heterocycles. The third kappa shape index (κ3) is 7.51. The maximum atomic E-state index is 11.6. The van der Waals surface area contributed by atoms with Gasteiger partial charge in [0.1, 0.15) is 18.8 Å². The molecule has 1 fully saturated rings. The van der Waals surface area contributed by atoms with Crippen molar-refractivity contribution < 1.29 is 42.9 Å². The molecule has 1 amide bonds. The highest BCUT2D eigenvalue weighted by Crippen LogP contribution is 2.28. The minimum atomic E-state index is -1.11. The molecule has 0 aromatic carbocycles. The molecule has 0 aromatic rings. The van der Waals surface area contributed by atoms with Gasteiger partial charge in [-0.1, -0.05) is 6.92 Å². The predicted molar refractivity (Wildman–Crippen MR) is 90.2 cm³/mol. The molecule has 1 N–H and O–H groups in total. The zero-order chi connectivity index (χ0) is 20.6. The number of carbonyl (C=O) groups is 4. The minimum Gasteiger partial charge on any atom is -0.463 e. The summed E-state index contributed by atoms with van der Waals surface area (Å²) in [5.41, 5.74) is 0. The third-order valence-corrected chi connectivity index (χ3v) is 3.56. The Morgan fingerprint density at radius 2 is 1.52 bits per heavy atom. The standard InChI is InChI=1S/C17H27NO9/c1-6-7-23-17-14(18-9(2)19)16(26-12(5)22)15(25-11(4)21)13(27-17)8-24-10(3)20/h13-17H,6-8H2,1-5H3,(H,18,19). The van der Waals surface area contributed by atoms with E-state index in [4.69, 9.17) is 23.7 Å². The number of amides is 1. The van der Waals surface area contributed by atoms with Gasteiger partial charge in [0.2, 0.25) is 5.91 Å². The van der Waals surface area contributed by atoms with Gasteiger partial charge in [0.25, 0.3) is 0 Å². The second-order valence-electron chi connectivity index (χ2n) is 6.09. The van der Waals surface area contributed by atoms with E-state index in [1.807, 2.05) is 6.92 Å². The highest BCUT2D eigenvalue weighted by atomic mass is 16.7. The van der Waals surface area contributed by atoms with Crippen LogP contribution >= 0.6 is 0 Å². The number of hydrogen-bond acceptors (Lipinski definition) is 9. The normalized spacial score (nSPS) is 27.4. The maximum absolute atomic E-state index is 11.6. The molecule has 0 aromatic heterocycles. The van der Waals surface area contributed by atoms with E-state index in [0.717, 1.165) is 0 Å². The van der Waals surface area contributed by atoms with Crippen LogP contribution in [0.4, 0.5) is 0 Å². The predicted octanol–water partition coefficient (Wildman–Crippen LogP) is 0.0691. The molecule has 10 heteroatoms. The monoisotopic (exact) mass is 389 g/mol. The summed E-state index contributed by atoms with van der Waals surface area (Å²) >= 11 is 0. The second kappa shape index (κ2) is 10.8. The van der Waals surface area contributed by atoms with E-state index in [1.54, 1.807) is 0 Å². The van der Waals surface area contributed by atoms with Crippen LogP contribution in [-0.2, 0) is 42.9 Å². The van der Waals surface area contributed by atoms with E-state index in [-0.39, 0.29) is 6.61 Å². The Labute approximate surface area is 157 Å². The smallest absolute Gasteiger partial charge is 0.303 e. The topological polar surface area (TPSA) is 126 Å². The zero-order valence-corrected chi connectivity index (χ0v) is 16.2. The summed E-state index contributed by atoms with van der Waals surface area (Å²) in [5, 5.41) is 2.62. The van der Waals surface area contributed by atoms with Gasteiger partial charge in [0.05, 0.1) is 0 Å². The maximum Gasteiger partial charge on any atom is 0.303 e. The van der Waals surface area contributed by atoms with Gasteiger partial charge in [-0.2, -0.15) is 0 Å². The van der Waals surface area contributed by atoms with Gasteiger partial charge in [0.15, 0.2) is 18.5 Å². The van der Waals surface area contributed by atoms with Crippen molar-refractivity contribution in [3.63, 3.8) is 0 Å². The number of carbonyl (C=O) groups excluding carboxylic acids is 4. The molecule has 0 aliphatic carbocycles. The van der Waals surface area contributed by atoms with Gasteiger partial charge in [-0.05, 0) is 6.42 Å². The van der Waals surface area contributed by atoms with E-state index < -0.39 is 54.5 Å². The Balaban J connectivity index is 3.22. The average Bonchev–Trinajstić information content (AvgIpc) is 2.54. The Hall–Kier alpha value is -2.20. The summed E-state index contributed by atoms with van der Waals surface area (Å²) in [6, 6.07) is -0.920. The van der Waals surface area contributed by atoms with Crippen LogP contribution < -0.4 is 5.32 Å². The highest BCUT2D eigenvalue weighted by Gasteiger charge is 2.51. The van der Waals surface area contributed by atoms with E-state index in [9.17, 15) is 19.2 Å². The van der Waals surface area contributed by atoms with Crippen molar-refractivity contribution in [1.29, 1.82) is 0 Å². The van der Waals surface area contributed by atoms with Crippen LogP contribution in [0.2, 0.25) is 0 Å². The lowest BCUT2D eigenvalue weighted by Gasteiger charge is -2.44. The minimum absolute atomic E-state index is 0.246. The number of ether oxygens (including phenoxy) is 5. The average molecular weight is 389 g/mol. The summed E-state index contributed by atoms with van der Waals surface area (Å²) in [6.45, 7) is 6.83. The van der Waals surface area contributed by atoms with Crippen LogP contribution in [-0.4, -0.2) is 67.7 Å². The Morgan fingerprint density at radius 3 is 2.00 bits per heavy atom. The zero-order valence-electron chi connectivity index (χ0n) is 16.2. The fourth-order valence-electron chi connectivity index (χ4n) is 2.67. The Kier molecular flexibility index (Phi) is 9.16. The quantitative estimate of drug-likeness (QED) is 0.453. The summed E-state index contributed by atoms with van der Waals surface area (Å²) in [6.07, 6.45) is -3.47. The van der Waals surface area contributed by atoms with E-state index in [1.165, 1.54) is 27.7 Å².